The van der Waals surface area contributed by atoms with Gasteiger partial charge in [-0.15, -0.1) is 0 Å². The Kier molecular flexibility index (Phi) is 6.57. The summed E-state index contributed by atoms with van der Waals surface area (Å²) in [7, 11) is -4.08. The van der Waals surface area contributed by atoms with E-state index < -0.39 is 14.9 Å². The van der Waals surface area contributed by atoms with Crippen molar-refractivity contribution in [3.8, 4) is 17.6 Å². The van der Waals surface area contributed by atoms with Crippen LogP contribution in [0.1, 0.15) is 5.56 Å². The van der Waals surface area contributed by atoms with Gasteiger partial charge in [-0.2, -0.15) is 5.26 Å². The van der Waals surface area contributed by atoms with Crippen molar-refractivity contribution in [1.29, 1.82) is 5.26 Å². The van der Waals surface area contributed by atoms with Crippen LogP contribution in [0.2, 0.25) is 15.1 Å². The van der Waals surface area contributed by atoms with Gasteiger partial charge < -0.3 is 4.74 Å². The van der Waals surface area contributed by atoms with E-state index in [1.54, 1.807) is 0 Å². The van der Waals surface area contributed by atoms with Gasteiger partial charge in [0.2, 0.25) is 0 Å². The number of sulfonamides is 1. The number of hydrogen-bond donors (Lipinski definition) is 1. The predicted molar refractivity (Wildman–Crippen MR) is 117 cm³/mol. The monoisotopic (exact) mass is 497 g/mol. The summed E-state index contributed by atoms with van der Waals surface area (Å²) in [6, 6.07) is 13.6. The highest BCUT2D eigenvalue weighted by Crippen LogP contribution is 2.41. The van der Waals surface area contributed by atoms with Crippen molar-refractivity contribution in [1.82, 2.24) is 0 Å². The molecule has 0 aromatic heterocycles. The fourth-order valence-corrected chi connectivity index (χ4v) is 4.46. The number of nitro groups is 1. The molecule has 0 heterocycles. The Bertz CT molecular complexity index is 1320. The second-order valence-electron chi connectivity index (χ2n) is 5.99. The number of anilines is 1. The molecule has 158 valence electrons. The van der Waals surface area contributed by atoms with E-state index in [2.05, 4.69) is 4.72 Å². The molecule has 0 aliphatic heterocycles. The summed E-state index contributed by atoms with van der Waals surface area (Å²) in [5.41, 5.74) is 0.229. The second-order valence-corrected chi connectivity index (χ2v) is 8.89. The zero-order chi connectivity index (χ0) is 22.8. The van der Waals surface area contributed by atoms with Crippen LogP contribution in [-0.2, 0) is 10.0 Å². The van der Waals surface area contributed by atoms with Crippen molar-refractivity contribution >= 4 is 56.2 Å². The van der Waals surface area contributed by atoms with Gasteiger partial charge in [0.05, 0.1) is 42.2 Å². The van der Waals surface area contributed by atoms with Crippen molar-refractivity contribution in [3.05, 3.63) is 85.3 Å². The van der Waals surface area contributed by atoms with E-state index in [4.69, 9.17) is 44.8 Å². The Morgan fingerprint density at radius 2 is 1.68 bits per heavy atom. The number of hydrogen-bond acceptors (Lipinski definition) is 6. The summed E-state index contributed by atoms with van der Waals surface area (Å²) >= 11 is 18.4. The molecule has 0 unspecified atom stereocenters. The lowest BCUT2D eigenvalue weighted by Crippen LogP contribution is -2.13. The predicted octanol–water partition coefficient (Wildman–Crippen LogP) is 6.02. The standard InChI is InChI=1S/C19H10Cl3N3O5S/c20-15-7-13(25(26)27)4-5-18(15)30-19-16(21)8-14(9-17(19)22)31(28,29)24-12-3-1-2-11(6-12)10-23/h1-9,24H. The molecule has 0 fully saturated rings. The van der Waals surface area contributed by atoms with Crippen LogP contribution in [-0.4, -0.2) is 13.3 Å². The minimum atomic E-state index is -4.08. The number of nitrogens with zero attached hydrogens (tertiary/aromatic N) is 2. The topological polar surface area (TPSA) is 122 Å². The fourth-order valence-electron chi connectivity index (χ4n) is 2.45. The first kappa shape index (κ1) is 22.7. The Morgan fingerprint density at radius 1 is 1.00 bits per heavy atom. The molecule has 3 aromatic carbocycles. The van der Waals surface area contributed by atoms with Gasteiger partial charge in [0.15, 0.2) is 5.75 Å². The maximum absolute atomic E-state index is 12.7. The van der Waals surface area contributed by atoms with Crippen LogP contribution >= 0.6 is 34.8 Å². The number of ether oxygens (including phenoxy) is 1. The van der Waals surface area contributed by atoms with Gasteiger partial charge in [-0.05, 0) is 36.4 Å². The van der Waals surface area contributed by atoms with Crippen LogP contribution in [0.4, 0.5) is 11.4 Å². The summed E-state index contributed by atoms with van der Waals surface area (Å²) in [6.45, 7) is 0. The molecule has 1 N–H and O–H groups in total. The van der Waals surface area contributed by atoms with E-state index in [9.17, 15) is 18.5 Å². The van der Waals surface area contributed by atoms with Gasteiger partial charge >= 0.3 is 0 Å². The molecule has 0 radical (unpaired) electrons. The zero-order valence-electron chi connectivity index (χ0n) is 15.2. The fraction of sp³-hybridized carbons (Fsp3) is 0. The Balaban J connectivity index is 1.91. The molecule has 0 aliphatic rings. The molecule has 0 aliphatic carbocycles. The van der Waals surface area contributed by atoms with Gasteiger partial charge in [-0.25, -0.2) is 8.42 Å². The maximum Gasteiger partial charge on any atom is 0.271 e. The van der Waals surface area contributed by atoms with Crippen molar-refractivity contribution in [3.63, 3.8) is 0 Å². The highest BCUT2D eigenvalue weighted by atomic mass is 35.5. The van der Waals surface area contributed by atoms with E-state index in [1.165, 1.54) is 36.4 Å². The summed E-state index contributed by atoms with van der Waals surface area (Å²) in [5.74, 6) is -0.0392. The number of rotatable bonds is 6. The van der Waals surface area contributed by atoms with Gasteiger partial charge in [0.25, 0.3) is 15.7 Å². The minimum Gasteiger partial charge on any atom is -0.453 e. The molecular weight excluding hydrogens is 489 g/mol. The molecule has 0 bridgehead atoms. The number of nitrogens with one attached hydrogen (secondary N) is 1. The molecule has 0 spiro atoms. The number of nitriles is 1. The number of halogens is 3. The average molecular weight is 499 g/mol. The van der Waals surface area contributed by atoms with Gasteiger partial charge in [-0.3, -0.25) is 14.8 Å². The molecule has 0 saturated carbocycles. The van der Waals surface area contributed by atoms with Crippen LogP contribution in [0.25, 0.3) is 0 Å². The van der Waals surface area contributed by atoms with Crippen LogP contribution in [0, 0.1) is 21.4 Å². The van der Waals surface area contributed by atoms with Crippen molar-refractivity contribution in [2.45, 2.75) is 4.90 Å². The van der Waals surface area contributed by atoms with Crippen molar-refractivity contribution < 1.29 is 18.1 Å². The first-order valence-corrected chi connectivity index (χ1v) is 10.9. The Morgan fingerprint density at radius 3 is 2.26 bits per heavy atom. The van der Waals surface area contributed by atoms with Crippen LogP contribution in [0.15, 0.2) is 59.5 Å². The third-order valence-corrected chi connectivity index (χ3v) is 6.08. The third-order valence-electron chi connectivity index (χ3n) is 3.86. The van der Waals surface area contributed by atoms with E-state index >= 15 is 0 Å². The zero-order valence-corrected chi connectivity index (χ0v) is 18.3. The van der Waals surface area contributed by atoms with Crippen molar-refractivity contribution in [2.24, 2.45) is 0 Å². The normalized spacial score (nSPS) is 10.9. The van der Waals surface area contributed by atoms with E-state index in [-0.39, 0.29) is 48.4 Å². The molecule has 0 saturated heterocycles. The van der Waals surface area contributed by atoms with Gasteiger partial charge in [0.1, 0.15) is 5.75 Å². The summed E-state index contributed by atoms with van der Waals surface area (Å²) in [6.07, 6.45) is 0. The maximum atomic E-state index is 12.7. The van der Waals surface area contributed by atoms with Gasteiger partial charge in [0, 0.05) is 12.1 Å². The SMILES string of the molecule is N#Cc1cccc(NS(=O)(=O)c2cc(Cl)c(Oc3ccc([N+](=O)[O-])cc3Cl)c(Cl)c2)c1. The highest BCUT2D eigenvalue weighted by Gasteiger charge is 2.21. The molecule has 0 amide bonds. The molecule has 12 heteroatoms. The highest BCUT2D eigenvalue weighted by molar-refractivity contribution is 7.92. The number of non-ortho nitro benzene ring substituents is 1. The molecule has 31 heavy (non-hydrogen) atoms. The molecule has 0 atom stereocenters. The molecule has 3 rings (SSSR count). The van der Waals surface area contributed by atoms with Gasteiger partial charge in [-0.1, -0.05) is 40.9 Å². The van der Waals surface area contributed by atoms with Crippen LogP contribution in [0.3, 0.4) is 0 Å². The lowest BCUT2D eigenvalue weighted by molar-refractivity contribution is -0.384. The van der Waals surface area contributed by atoms with Crippen LogP contribution < -0.4 is 9.46 Å². The van der Waals surface area contributed by atoms with E-state index in [0.717, 1.165) is 18.2 Å². The first-order chi connectivity index (χ1) is 14.6. The average Bonchev–Trinajstić information content (AvgIpc) is 2.71. The first-order valence-electron chi connectivity index (χ1n) is 8.24. The lowest BCUT2D eigenvalue weighted by Gasteiger charge is -2.13. The lowest BCUT2D eigenvalue weighted by atomic mass is 10.2. The van der Waals surface area contributed by atoms with Crippen molar-refractivity contribution in [2.75, 3.05) is 4.72 Å². The number of nitro benzene ring substituents is 1. The van der Waals surface area contributed by atoms with Crippen LogP contribution in [0.5, 0.6) is 11.5 Å². The second kappa shape index (κ2) is 8.99. The van der Waals surface area contributed by atoms with E-state index in [1.807, 2.05) is 6.07 Å². The smallest absolute Gasteiger partial charge is 0.271 e. The Hall–Kier alpha value is -3.03. The van der Waals surface area contributed by atoms with E-state index in [0.29, 0.717) is 0 Å². The quantitative estimate of drug-likeness (QED) is 0.327. The third kappa shape index (κ3) is 5.18. The summed E-state index contributed by atoms with van der Waals surface area (Å²) < 4.78 is 33.3. The molecule has 3 aromatic rings. The summed E-state index contributed by atoms with van der Waals surface area (Å²) in [4.78, 5) is 9.95. The summed E-state index contributed by atoms with van der Waals surface area (Å²) in [5, 5.41) is 19.4. The molecule has 8 nitrogen and oxygen atoms in total. The number of benzene rings is 3. The minimum absolute atomic E-state index is 0.0399. The Labute approximate surface area is 191 Å². The largest absolute Gasteiger partial charge is 0.453 e. The molecular formula is C19H10Cl3N3O5S.